The Morgan fingerprint density at radius 1 is 0.329 bits per heavy atom. The molecule has 19 heteroatoms. The molecule has 0 spiro atoms. The second-order valence-electron chi connectivity index (χ2n) is 25.3. The molecular formula is C66H128O17P2. The average Bonchev–Trinajstić information content (AvgIpc) is 3.46. The fourth-order valence-electron chi connectivity index (χ4n) is 9.72. The van der Waals surface area contributed by atoms with Crippen LogP contribution in [-0.4, -0.2) is 96.7 Å². The van der Waals surface area contributed by atoms with Gasteiger partial charge in [0.25, 0.3) is 0 Å². The van der Waals surface area contributed by atoms with Crippen LogP contribution in [0.25, 0.3) is 0 Å². The Morgan fingerprint density at radius 3 is 0.835 bits per heavy atom. The molecule has 17 nitrogen and oxygen atoms in total. The lowest BCUT2D eigenvalue weighted by Gasteiger charge is -2.21. The van der Waals surface area contributed by atoms with Crippen molar-refractivity contribution in [1.82, 2.24) is 0 Å². The Bertz CT molecular complexity index is 1700. The van der Waals surface area contributed by atoms with Crippen LogP contribution in [0.5, 0.6) is 0 Å². The number of rotatable bonds is 63. The number of ether oxygens (including phenoxy) is 4. The van der Waals surface area contributed by atoms with Gasteiger partial charge in [-0.3, -0.25) is 37.3 Å². The third kappa shape index (κ3) is 58.2. The molecule has 0 aromatic carbocycles. The molecule has 0 amide bonds. The maximum atomic E-state index is 13.0. The van der Waals surface area contributed by atoms with E-state index in [9.17, 15) is 43.2 Å². The Morgan fingerprint density at radius 2 is 0.565 bits per heavy atom. The summed E-state index contributed by atoms with van der Waals surface area (Å²) in [5.74, 6) is 0.777. The topological polar surface area (TPSA) is 237 Å². The van der Waals surface area contributed by atoms with Crippen molar-refractivity contribution in [1.29, 1.82) is 0 Å². The average molecular weight is 1260 g/mol. The summed E-state index contributed by atoms with van der Waals surface area (Å²) in [6, 6.07) is 0. The predicted molar refractivity (Wildman–Crippen MR) is 340 cm³/mol. The third-order valence-corrected chi connectivity index (χ3v) is 17.7. The van der Waals surface area contributed by atoms with Gasteiger partial charge in [0.1, 0.15) is 19.3 Å². The molecule has 0 aliphatic rings. The smallest absolute Gasteiger partial charge is 0.462 e. The third-order valence-electron chi connectivity index (χ3n) is 15.8. The van der Waals surface area contributed by atoms with E-state index in [-0.39, 0.29) is 25.7 Å². The number of hydrogen-bond acceptors (Lipinski definition) is 15. The molecule has 0 aromatic heterocycles. The highest BCUT2D eigenvalue weighted by Crippen LogP contribution is 2.45. The second kappa shape index (κ2) is 56.1. The van der Waals surface area contributed by atoms with E-state index in [1.165, 1.54) is 109 Å². The molecular weight excluding hydrogens is 1130 g/mol. The van der Waals surface area contributed by atoms with E-state index in [1.807, 2.05) is 0 Å². The Labute approximate surface area is 517 Å². The summed E-state index contributed by atoms with van der Waals surface area (Å²) < 4.78 is 68.0. The molecule has 0 bridgehead atoms. The van der Waals surface area contributed by atoms with Gasteiger partial charge in [0, 0.05) is 25.7 Å². The van der Waals surface area contributed by atoms with Crippen molar-refractivity contribution < 1.29 is 80.2 Å². The second-order valence-corrected chi connectivity index (χ2v) is 28.2. The molecule has 4 unspecified atom stereocenters. The SMILES string of the molecule is CCC(C)CCCCCCCCC(=O)OC[C@H](COP(=O)(O)OC[C@@H](O)COP(=O)(O)OC[C@@H](COC(=O)CCCCCCCCC(C)C)OC(=O)CCCCCCCCC(C)CC)OC(=O)CCCCCCCCCCCCCCCC(C)C. The van der Waals surface area contributed by atoms with E-state index in [0.717, 1.165) is 120 Å². The zero-order valence-electron chi connectivity index (χ0n) is 55.2. The van der Waals surface area contributed by atoms with Crippen LogP contribution in [0.1, 0.15) is 319 Å². The number of carbonyl (C=O) groups excluding carboxylic acids is 4. The van der Waals surface area contributed by atoms with Crippen LogP contribution in [0.2, 0.25) is 0 Å². The zero-order valence-corrected chi connectivity index (χ0v) is 57.0. The first-order valence-electron chi connectivity index (χ1n) is 34.3. The maximum Gasteiger partial charge on any atom is 0.472 e. The monoisotopic (exact) mass is 1250 g/mol. The normalized spacial score (nSPS) is 15.0. The van der Waals surface area contributed by atoms with E-state index in [2.05, 4.69) is 55.4 Å². The largest absolute Gasteiger partial charge is 0.472 e. The van der Waals surface area contributed by atoms with Crippen molar-refractivity contribution in [3.05, 3.63) is 0 Å². The fraction of sp³-hybridized carbons (Fsp3) is 0.939. The highest BCUT2D eigenvalue weighted by atomic mass is 31.2. The first-order chi connectivity index (χ1) is 40.7. The predicted octanol–water partition coefficient (Wildman–Crippen LogP) is 18.1. The number of hydrogen-bond donors (Lipinski definition) is 3. The molecule has 0 heterocycles. The fourth-order valence-corrected chi connectivity index (χ4v) is 11.3. The van der Waals surface area contributed by atoms with Crippen molar-refractivity contribution in [2.24, 2.45) is 23.7 Å². The molecule has 504 valence electrons. The van der Waals surface area contributed by atoms with Crippen LogP contribution in [0.4, 0.5) is 0 Å². The van der Waals surface area contributed by atoms with Gasteiger partial charge < -0.3 is 33.8 Å². The van der Waals surface area contributed by atoms with Gasteiger partial charge in [-0.1, -0.05) is 267 Å². The van der Waals surface area contributed by atoms with Gasteiger partial charge in [-0.25, -0.2) is 9.13 Å². The van der Waals surface area contributed by atoms with Gasteiger partial charge in [-0.05, 0) is 49.4 Å². The minimum absolute atomic E-state index is 0.101. The molecule has 0 saturated carbocycles. The molecule has 0 fully saturated rings. The number of esters is 4. The van der Waals surface area contributed by atoms with Gasteiger partial charge in [-0.2, -0.15) is 0 Å². The van der Waals surface area contributed by atoms with E-state index in [4.69, 9.17) is 37.0 Å². The summed E-state index contributed by atoms with van der Waals surface area (Å²) in [7, 11) is -9.89. The molecule has 0 radical (unpaired) electrons. The number of carbonyl (C=O) groups is 4. The van der Waals surface area contributed by atoms with Gasteiger partial charge in [0.05, 0.1) is 26.4 Å². The lowest BCUT2D eigenvalue weighted by Crippen LogP contribution is -2.30. The van der Waals surface area contributed by atoms with Crippen LogP contribution in [0.15, 0.2) is 0 Å². The van der Waals surface area contributed by atoms with Crippen LogP contribution in [-0.2, 0) is 65.4 Å². The van der Waals surface area contributed by atoms with E-state index in [1.54, 1.807) is 0 Å². The Kier molecular flexibility index (Phi) is 54.8. The van der Waals surface area contributed by atoms with E-state index < -0.39 is 97.5 Å². The Hall–Kier alpha value is -1.94. The minimum Gasteiger partial charge on any atom is -0.462 e. The van der Waals surface area contributed by atoms with Crippen LogP contribution in [0.3, 0.4) is 0 Å². The summed E-state index contributed by atoms with van der Waals surface area (Å²) in [5.41, 5.74) is 0. The first kappa shape index (κ1) is 83.1. The molecule has 0 aliphatic heterocycles. The number of phosphoric acid groups is 2. The van der Waals surface area contributed by atoms with Gasteiger partial charge in [0.15, 0.2) is 12.2 Å². The standard InChI is InChI=1S/C66H128O17P2/c1-9-58(7)44-36-28-21-24-31-39-47-64(69)77-52-61(82-65(70)48-40-32-19-17-15-13-11-12-14-16-18-26-34-42-56(3)4)54-80-84(72,73)78-50-60(67)51-79-85(74,75)81-55-62(53-76-63(68)46-38-30-23-20-27-35-43-57(5)6)83-66(71)49-41-33-25-22-29-37-45-59(8)10-2/h56-62,67H,9-55H2,1-8H3,(H,72,73)(H,74,75)/t58?,59?,60-,61-,62-/m1/s1. The molecule has 0 saturated heterocycles. The van der Waals surface area contributed by atoms with Crippen LogP contribution < -0.4 is 0 Å². The number of aliphatic hydroxyl groups excluding tert-OH is 1. The van der Waals surface area contributed by atoms with Gasteiger partial charge in [0.2, 0.25) is 0 Å². The van der Waals surface area contributed by atoms with Crippen molar-refractivity contribution in [2.75, 3.05) is 39.6 Å². The summed E-state index contributed by atoms with van der Waals surface area (Å²) >= 11 is 0. The highest BCUT2D eigenvalue weighted by Gasteiger charge is 2.30. The van der Waals surface area contributed by atoms with Crippen LogP contribution in [0, 0.1) is 23.7 Å². The molecule has 0 aromatic rings. The van der Waals surface area contributed by atoms with Crippen molar-refractivity contribution in [3.63, 3.8) is 0 Å². The molecule has 3 N–H and O–H groups in total. The first-order valence-corrected chi connectivity index (χ1v) is 37.3. The van der Waals surface area contributed by atoms with Gasteiger partial charge in [-0.15, -0.1) is 0 Å². The summed E-state index contributed by atoms with van der Waals surface area (Å²) in [4.78, 5) is 72.3. The molecule has 0 aliphatic carbocycles. The maximum absolute atomic E-state index is 13.0. The number of aliphatic hydroxyl groups is 1. The zero-order chi connectivity index (χ0) is 63.2. The molecule has 85 heavy (non-hydrogen) atoms. The summed E-state index contributed by atoms with van der Waals surface area (Å²) in [6.07, 6.45) is 36.4. The quantitative estimate of drug-likeness (QED) is 0.0222. The summed E-state index contributed by atoms with van der Waals surface area (Å²) in [5, 5.41) is 10.5. The lowest BCUT2D eigenvalue weighted by atomic mass is 10.00. The van der Waals surface area contributed by atoms with Crippen molar-refractivity contribution in [3.8, 4) is 0 Å². The van der Waals surface area contributed by atoms with E-state index in [0.29, 0.717) is 31.6 Å². The highest BCUT2D eigenvalue weighted by molar-refractivity contribution is 7.47. The van der Waals surface area contributed by atoms with Gasteiger partial charge >= 0.3 is 39.5 Å². The van der Waals surface area contributed by atoms with E-state index >= 15 is 0 Å². The molecule has 0 rings (SSSR count). The number of unbranched alkanes of at least 4 members (excludes halogenated alkanes) is 27. The van der Waals surface area contributed by atoms with Crippen molar-refractivity contribution >= 4 is 39.5 Å². The van der Waals surface area contributed by atoms with Crippen molar-refractivity contribution in [2.45, 2.75) is 337 Å². The summed E-state index contributed by atoms with van der Waals surface area (Å²) in [6.45, 7) is 14.0. The minimum atomic E-state index is -4.95. The molecule has 7 atom stereocenters. The Balaban J connectivity index is 5.24. The van der Waals surface area contributed by atoms with Crippen LogP contribution >= 0.6 is 15.6 Å². The number of phosphoric ester groups is 2. The lowest BCUT2D eigenvalue weighted by molar-refractivity contribution is -0.161.